The highest BCUT2D eigenvalue weighted by atomic mass is 16.3. The maximum absolute atomic E-state index is 11.9. The smallest absolute Gasteiger partial charge is 0.227 e. The van der Waals surface area contributed by atoms with E-state index in [0.29, 0.717) is 6.54 Å². The first-order valence-corrected chi connectivity index (χ1v) is 5.11. The van der Waals surface area contributed by atoms with E-state index in [1.807, 2.05) is 40.8 Å². The predicted molar refractivity (Wildman–Crippen MR) is 59.4 cm³/mol. The van der Waals surface area contributed by atoms with Gasteiger partial charge < -0.3 is 9.32 Å². The van der Waals surface area contributed by atoms with E-state index in [1.165, 1.54) is 0 Å². The fraction of sp³-hybridized carbons (Fsp3) is 0.583. The summed E-state index contributed by atoms with van der Waals surface area (Å²) >= 11 is 0. The molecule has 0 aliphatic rings. The largest absolute Gasteiger partial charge is 0.469 e. The first-order valence-electron chi connectivity index (χ1n) is 5.11. The highest BCUT2D eigenvalue weighted by molar-refractivity contribution is 5.81. The van der Waals surface area contributed by atoms with Crippen LogP contribution in [0.3, 0.4) is 0 Å². The van der Waals surface area contributed by atoms with Gasteiger partial charge >= 0.3 is 0 Å². The van der Waals surface area contributed by atoms with Crippen molar-refractivity contribution in [3.8, 4) is 0 Å². The van der Waals surface area contributed by atoms with Gasteiger partial charge in [-0.2, -0.15) is 0 Å². The van der Waals surface area contributed by atoms with Crippen LogP contribution in [0.15, 0.2) is 16.7 Å². The number of furan rings is 1. The second kappa shape index (κ2) is 4.09. The van der Waals surface area contributed by atoms with E-state index in [2.05, 4.69) is 0 Å². The minimum atomic E-state index is -0.327. The summed E-state index contributed by atoms with van der Waals surface area (Å²) in [7, 11) is 1.82. The SMILES string of the molecule is Cc1occc1CN(C)C(=O)C(C)(C)C. The number of hydrogen-bond acceptors (Lipinski definition) is 2. The molecule has 0 saturated carbocycles. The summed E-state index contributed by atoms with van der Waals surface area (Å²) in [6.45, 7) is 8.29. The van der Waals surface area contributed by atoms with Gasteiger partial charge in [0, 0.05) is 24.6 Å². The lowest BCUT2D eigenvalue weighted by molar-refractivity contribution is -0.138. The van der Waals surface area contributed by atoms with Crippen LogP contribution in [-0.2, 0) is 11.3 Å². The van der Waals surface area contributed by atoms with Gasteiger partial charge in [0.1, 0.15) is 5.76 Å². The molecule has 0 N–H and O–H groups in total. The standard InChI is InChI=1S/C12H19NO2/c1-9-10(6-7-15-9)8-13(5)11(14)12(2,3)4/h6-7H,8H2,1-5H3. The molecule has 0 aromatic carbocycles. The zero-order valence-electron chi connectivity index (χ0n) is 10.1. The Morgan fingerprint density at radius 2 is 2.07 bits per heavy atom. The van der Waals surface area contributed by atoms with Crippen molar-refractivity contribution in [3.63, 3.8) is 0 Å². The van der Waals surface area contributed by atoms with Crippen molar-refractivity contribution in [2.45, 2.75) is 34.2 Å². The molecule has 84 valence electrons. The molecule has 1 heterocycles. The predicted octanol–water partition coefficient (Wildman–Crippen LogP) is 2.59. The quantitative estimate of drug-likeness (QED) is 0.750. The number of aryl methyl sites for hydroxylation is 1. The third kappa shape index (κ3) is 2.85. The molecule has 3 nitrogen and oxygen atoms in total. The van der Waals surface area contributed by atoms with Crippen LogP contribution in [0.5, 0.6) is 0 Å². The fourth-order valence-corrected chi connectivity index (χ4v) is 1.48. The lowest BCUT2D eigenvalue weighted by Crippen LogP contribution is -2.36. The van der Waals surface area contributed by atoms with Crippen LogP contribution in [0.1, 0.15) is 32.1 Å². The van der Waals surface area contributed by atoms with Crippen molar-refractivity contribution < 1.29 is 9.21 Å². The number of rotatable bonds is 2. The van der Waals surface area contributed by atoms with Crippen molar-refractivity contribution in [2.24, 2.45) is 5.41 Å². The number of carbonyl (C=O) groups excluding carboxylic acids is 1. The topological polar surface area (TPSA) is 33.5 Å². The lowest BCUT2D eigenvalue weighted by atomic mass is 9.95. The Kier molecular flexibility index (Phi) is 3.22. The van der Waals surface area contributed by atoms with Gasteiger partial charge in [0.2, 0.25) is 5.91 Å². The van der Waals surface area contributed by atoms with Crippen LogP contribution in [0, 0.1) is 12.3 Å². The normalized spacial score (nSPS) is 11.5. The average Bonchev–Trinajstić information content (AvgIpc) is 2.49. The average molecular weight is 209 g/mol. The van der Waals surface area contributed by atoms with Gasteiger partial charge in [0.15, 0.2) is 0 Å². The van der Waals surface area contributed by atoms with Crippen molar-refractivity contribution >= 4 is 5.91 Å². The van der Waals surface area contributed by atoms with Crippen LogP contribution < -0.4 is 0 Å². The number of amides is 1. The summed E-state index contributed by atoms with van der Waals surface area (Å²) in [6, 6.07) is 1.90. The Hall–Kier alpha value is -1.25. The molecule has 0 unspecified atom stereocenters. The van der Waals surface area contributed by atoms with Crippen molar-refractivity contribution in [2.75, 3.05) is 7.05 Å². The van der Waals surface area contributed by atoms with Crippen LogP contribution in [-0.4, -0.2) is 17.9 Å². The van der Waals surface area contributed by atoms with Gasteiger partial charge in [0.05, 0.1) is 6.26 Å². The fourth-order valence-electron chi connectivity index (χ4n) is 1.48. The molecule has 0 fully saturated rings. The molecule has 0 spiro atoms. The molecule has 1 aromatic heterocycles. The minimum absolute atomic E-state index is 0.142. The zero-order chi connectivity index (χ0) is 11.6. The first kappa shape index (κ1) is 11.8. The molecular formula is C12H19NO2. The summed E-state index contributed by atoms with van der Waals surface area (Å²) < 4.78 is 5.19. The highest BCUT2D eigenvalue weighted by Gasteiger charge is 2.25. The Balaban J connectivity index is 2.68. The Morgan fingerprint density at radius 1 is 1.47 bits per heavy atom. The van der Waals surface area contributed by atoms with E-state index in [4.69, 9.17) is 4.42 Å². The minimum Gasteiger partial charge on any atom is -0.469 e. The van der Waals surface area contributed by atoms with E-state index < -0.39 is 0 Å². The van der Waals surface area contributed by atoms with Gasteiger partial charge in [-0.15, -0.1) is 0 Å². The monoisotopic (exact) mass is 209 g/mol. The Labute approximate surface area is 91.1 Å². The molecule has 0 atom stereocenters. The van der Waals surface area contributed by atoms with Crippen molar-refractivity contribution in [1.82, 2.24) is 4.90 Å². The molecule has 1 aromatic rings. The molecule has 0 radical (unpaired) electrons. The lowest BCUT2D eigenvalue weighted by Gasteiger charge is -2.25. The second-order valence-corrected chi connectivity index (χ2v) is 4.91. The van der Waals surface area contributed by atoms with Crippen LogP contribution in [0.4, 0.5) is 0 Å². The van der Waals surface area contributed by atoms with E-state index in [9.17, 15) is 4.79 Å². The summed E-state index contributed by atoms with van der Waals surface area (Å²) in [5.41, 5.74) is 0.738. The summed E-state index contributed by atoms with van der Waals surface area (Å²) in [5.74, 6) is 1.02. The molecule has 15 heavy (non-hydrogen) atoms. The molecule has 0 bridgehead atoms. The first-order chi connectivity index (χ1) is 6.82. The van der Waals surface area contributed by atoms with E-state index in [1.54, 1.807) is 11.2 Å². The van der Waals surface area contributed by atoms with Crippen LogP contribution in [0.2, 0.25) is 0 Å². The van der Waals surface area contributed by atoms with Crippen molar-refractivity contribution in [3.05, 3.63) is 23.7 Å². The van der Waals surface area contributed by atoms with Gasteiger partial charge in [-0.3, -0.25) is 4.79 Å². The molecule has 3 heteroatoms. The molecule has 1 amide bonds. The maximum Gasteiger partial charge on any atom is 0.227 e. The molecular weight excluding hydrogens is 190 g/mol. The number of carbonyl (C=O) groups is 1. The molecule has 0 saturated heterocycles. The molecule has 0 aliphatic carbocycles. The molecule has 0 aliphatic heterocycles. The van der Waals surface area contributed by atoms with Gasteiger partial charge in [-0.1, -0.05) is 20.8 Å². The van der Waals surface area contributed by atoms with Crippen LogP contribution in [0.25, 0.3) is 0 Å². The highest BCUT2D eigenvalue weighted by Crippen LogP contribution is 2.19. The Morgan fingerprint density at radius 3 is 2.47 bits per heavy atom. The van der Waals surface area contributed by atoms with E-state index in [0.717, 1.165) is 11.3 Å². The number of hydrogen-bond donors (Lipinski definition) is 0. The zero-order valence-corrected chi connectivity index (χ0v) is 10.1. The third-order valence-corrected chi connectivity index (χ3v) is 2.36. The maximum atomic E-state index is 11.9. The third-order valence-electron chi connectivity index (χ3n) is 2.36. The van der Waals surface area contributed by atoms with E-state index >= 15 is 0 Å². The van der Waals surface area contributed by atoms with E-state index in [-0.39, 0.29) is 11.3 Å². The summed E-state index contributed by atoms with van der Waals surface area (Å²) in [5, 5.41) is 0. The molecule has 1 rings (SSSR count). The van der Waals surface area contributed by atoms with Gasteiger partial charge in [-0.05, 0) is 13.0 Å². The van der Waals surface area contributed by atoms with Crippen LogP contribution >= 0.6 is 0 Å². The van der Waals surface area contributed by atoms with Gasteiger partial charge in [0.25, 0.3) is 0 Å². The van der Waals surface area contributed by atoms with Gasteiger partial charge in [-0.25, -0.2) is 0 Å². The number of nitrogens with zero attached hydrogens (tertiary/aromatic N) is 1. The summed E-state index contributed by atoms with van der Waals surface area (Å²) in [4.78, 5) is 13.6. The van der Waals surface area contributed by atoms with Crippen molar-refractivity contribution in [1.29, 1.82) is 0 Å². The second-order valence-electron chi connectivity index (χ2n) is 4.91. The summed E-state index contributed by atoms with van der Waals surface area (Å²) in [6.07, 6.45) is 1.65. The Bertz CT molecular complexity index is 347.